The van der Waals surface area contributed by atoms with Gasteiger partial charge in [0.15, 0.2) is 0 Å². The molecule has 3 N–H and O–H groups in total. The third kappa shape index (κ3) is 3.56. The summed E-state index contributed by atoms with van der Waals surface area (Å²) in [5.74, 6) is 0.667. The van der Waals surface area contributed by atoms with E-state index in [2.05, 4.69) is 5.32 Å². The van der Waals surface area contributed by atoms with Gasteiger partial charge >= 0.3 is 0 Å². The van der Waals surface area contributed by atoms with Crippen molar-refractivity contribution in [1.82, 2.24) is 0 Å². The molecule has 20 heavy (non-hydrogen) atoms. The summed E-state index contributed by atoms with van der Waals surface area (Å²) in [5.41, 5.74) is 7.70. The van der Waals surface area contributed by atoms with Crippen molar-refractivity contribution in [3.8, 4) is 11.8 Å². The van der Waals surface area contributed by atoms with E-state index < -0.39 is 0 Å². The first-order valence-corrected chi connectivity index (χ1v) is 6.49. The minimum Gasteiger partial charge on any atom is -0.490 e. The van der Waals surface area contributed by atoms with Gasteiger partial charge in [-0.15, -0.1) is 0 Å². The first-order chi connectivity index (χ1) is 9.70. The summed E-state index contributed by atoms with van der Waals surface area (Å²) in [5, 5.41) is 12.4. The molecule has 102 valence electrons. The molecule has 0 fully saturated rings. The maximum absolute atomic E-state index is 8.76. The number of nitrogens with two attached hydrogens (primary N) is 1. The summed E-state index contributed by atoms with van der Waals surface area (Å²) in [6.45, 7) is 1.05. The van der Waals surface area contributed by atoms with E-state index in [1.165, 1.54) is 0 Å². The Morgan fingerprint density at radius 2 is 2.05 bits per heavy atom. The summed E-state index contributed by atoms with van der Waals surface area (Å²) in [7, 11) is 0. The highest BCUT2D eigenvalue weighted by atomic mass is 35.5. The Hall–Kier alpha value is -2.38. The van der Waals surface area contributed by atoms with E-state index in [4.69, 9.17) is 27.3 Å². The number of hydrogen-bond donors (Lipinski definition) is 2. The third-order valence-electron chi connectivity index (χ3n) is 2.69. The number of nitrogens with one attached hydrogen (secondary N) is 1. The second kappa shape index (κ2) is 6.69. The molecule has 0 aliphatic heterocycles. The van der Waals surface area contributed by atoms with E-state index >= 15 is 0 Å². The number of para-hydroxylation sites is 2. The maximum Gasteiger partial charge on any atom is 0.142 e. The molecular weight excluding hydrogens is 274 g/mol. The zero-order valence-corrected chi connectivity index (χ0v) is 11.5. The monoisotopic (exact) mass is 287 g/mol. The van der Waals surface area contributed by atoms with Gasteiger partial charge in [0.1, 0.15) is 12.4 Å². The van der Waals surface area contributed by atoms with Crippen LogP contribution >= 0.6 is 11.6 Å². The van der Waals surface area contributed by atoms with Crippen LogP contribution in [-0.2, 0) is 0 Å². The van der Waals surface area contributed by atoms with Crippen LogP contribution in [0.5, 0.6) is 5.75 Å². The molecule has 0 saturated heterocycles. The maximum atomic E-state index is 8.76. The van der Waals surface area contributed by atoms with Crippen LogP contribution in [0, 0.1) is 11.3 Å². The molecule has 2 aromatic rings. The number of halogens is 1. The van der Waals surface area contributed by atoms with Crippen molar-refractivity contribution in [2.45, 2.75) is 0 Å². The van der Waals surface area contributed by atoms with Gasteiger partial charge in [-0.2, -0.15) is 5.26 Å². The summed E-state index contributed by atoms with van der Waals surface area (Å²) >= 11 is 6.05. The van der Waals surface area contributed by atoms with Crippen molar-refractivity contribution >= 4 is 23.0 Å². The van der Waals surface area contributed by atoms with Crippen molar-refractivity contribution in [2.24, 2.45) is 0 Å². The molecule has 2 aromatic carbocycles. The van der Waals surface area contributed by atoms with Crippen LogP contribution in [0.25, 0.3) is 0 Å². The van der Waals surface area contributed by atoms with Gasteiger partial charge in [0.05, 0.1) is 28.0 Å². The average molecular weight is 288 g/mol. The third-order valence-corrected chi connectivity index (χ3v) is 3.00. The van der Waals surface area contributed by atoms with Crippen molar-refractivity contribution in [3.05, 3.63) is 53.1 Å². The minimum atomic E-state index is 0.463. The van der Waals surface area contributed by atoms with Gasteiger partial charge in [-0.25, -0.2) is 0 Å². The number of hydrogen-bond acceptors (Lipinski definition) is 4. The largest absolute Gasteiger partial charge is 0.490 e. The number of nitrogens with zero attached hydrogens (tertiary/aromatic N) is 1. The summed E-state index contributed by atoms with van der Waals surface area (Å²) in [4.78, 5) is 0. The van der Waals surface area contributed by atoms with E-state index in [9.17, 15) is 0 Å². The normalized spacial score (nSPS) is 9.80. The van der Waals surface area contributed by atoms with Crippen LogP contribution in [0.15, 0.2) is 42.5 Å². The Kier molecular flexibility index (Phi) is 4.70. The molecular formula is C15H14ClN3O. The summed E-state index contributed by atoms with van der Waals surface area (Å²) < 4.78 is 5.56. The van der Waals surface area contributed by atoms with Crippen LogP contribution in [-0.4, -0.2) is 13.2 Å². The van der Waals surface area contributed by atoms with E-state index in [1.807, 2.05) is 24.3 Å². The van der Waals surface area contributed by atoms with E-state index in [1.54, 1.807) is 24.3 Å². The number of nitrogen functional groups attached to an aromatic ring is 1. The second-order valence-electron chi connectivity index (χ2n) is 4.12. The average Bonchev–Trinajstić information content (AvgIpc) is 2.46. The van der Waals surface area contributed by atoms with Crippen molar-refractivity contribution in [1.29, 1.82) is 5.26 Å². The molecule has 0 saturated carbocycles. The molecule has 0 atom stereocenters. The highest BCUT2D eigenvalue weighted by molar-refractivity contribution is 6.33. The van der Waals surface area contributed by atoms with Crippen LogP contribution in [0.4, 0.5) is 11.4 Å². The Morgan fingerprint density at radius 3 is 2.75 bits per heavy atom. The zero-order valence-electron chi connectivity index (χ0n) is 10.8. The topological polar surface area (TPSA) is 71.1 Å². The second-order valence-corrected chi connectivity index (χ2v) is 4.53. The van der Waals surface area contributed by atoms with Gasteiger partial charge in [0.2, 0.25) is 0 Å². The number of rotatable bonds is 5. The summed E-state index contributed by atoms with van der Waals surface area (Å²) in [6.07, 6.45) is 0. The van der Waals surface area contributed by atoms with Gasteiger partial charge in [0, 0.05) is 6.54 Å². The Labute approximate surface area is 122 Å². The van der Waals surface area contributed by atoms with Gasteiger partial charge in [0.25, 0.3) is 0 Å². The number of benzene rings is 2. The summed E-state index contributed by atoms with van der Waals surface area (Å²) in [6, 6.07) is 14.5. The quantitative estimate of drug-likeness (QED) is 0.654. The first-order valence-electron chi connectivity index (χ1n) is 6.11. The molecule has 0 aliphatic carbocycles. The molecule has 0 unspecified atom stereocenters. The van der Waals surface area contributed by atoms with Crippen molar-refractivity contribution in [2.75, 3.05) is 24.2 Å². The van der Waals surface area contributed by atoms with Crippen LogP contribution in [0.2, 0.25) is 5.02 Å². The molecule has 0 amide bonds. The molecule has 0 spiro atoms. The lowest BCUT2D eigenvalue weighted by Crippen LogP contribution is -2.12. The Balaban J connectivity index is 1.85. The molecule has 0 radical (unpaired) electrons. The standard InChI is InChI=1S/C15H14ClN3O/c16-12-9-11(10-17)5-6-14(12)19-7-8-20-15-4-2-1-3-13(15)18/h1-6,9,19H,7-8,18H2. The first kappa shape index (κ1) is 14.0. The van der Waals surface area contributed by atoms with Gasteiger partial charge in [-0.05, 0) is 30.3 Å². The molecule has 0 heterocycles. The lowest BCUT2D eigenvalue weighted by molar-refractivity contribution is 0.334. The predicted molar refractivity (Wildman–Crippen MR) is 81.0 cm³/mol. The fourth-order valence-corrected chi connectivity index (χ4v) is 1.93. The lowest BCUT2D eigenvalue weighted by Gasteiger charge is -2.11. The number of anilines is 2. The number of nitriles is 1. The Morgan fingerprint density at radius 1 is 1.25 bits per heavy atom. The van der Waals surface area contributed by atoms with Crippen LogP contribution in [0.3, 0.4) is 0 Å². The molecule has 2 rings (SSSR count). The van der Waals surface area contributed by atoms with Crippen LogP contribution in [0.1, 0.15) is 5.56 Å². The Bertz CT molecular complexity index is 637. The van der Waals surface area contributed by atoms with Crippen molar-refractivity contribution in [3.63, 3.8) is 0 Å². The van der Waals surface area contributed by atoms with Crippen LogP contribution < -0.4 is 15.8 Å². The van der Waals surface area contributed by atoms with Gasteiger partial charge in [-0.1, -0.05) is 23.7 Å². The van der Waals surface area contributed by atoms with Gasteiger partial charge < -0.3 is 15.8 Å². The molecule has 0 aromatic heterocycles. The molecule has 0 aliphatic rings. The molecule has 4 nitrogen and oxygen atoms in total. The highest BCUT2D eigenvalue weighted by Gasteiger charge is 2.02. The van der Waals surface area contributed by atoms with E-state index in [0.717, 1.165) is 5.69 Å². The highest BCUT2D eigenvalue weighted by Crippen LogP contribution is 2.23. The smallest absolute Gasteiger partial charge is 0.142 e. The number of ether oxygens (including phenoxy) is 1. The fourth-order valence-electron chi connectivity index (χ4n) is 1.69. The van der Waals surface area contributed by atoms with Gasteiger partial charge in [-0.3, -0.25) is 0 Å². The minimum absolute atomic E-state index is 0.463. The SMILES string of the molecule is N#Cc1ccc(NCCOc2ccccc2N)c(Cl)c1. The fraction of sp³-hybridized carbons (Fsp3) is 0.133. The zero-order chi connectivity index (χ0) is 14.4. The molecule has 0 bridgehead atoms. The lowest BCUT2D eigenvalue weighted by atomic mass is 10.2. The van der Waals surface area contributed by atoms with E-state index in [-0.39, 0.29) is 0 Å². The van der Waals surface area contributed by atoms with E-state index in [0.29, 0.717) is 35.2 Å². The van der Waals surface area contributed by atoms with Crippen molar-refractivity contribution < 1.29 is 4.74 Å². The molecule has 5 heteroatoms. The predicted octanol–water partition coefficient (Wildman–Crippen LogP) is 3.28.